The van der Waals surface area contributed by atoms with Crippen LogP contribution in [0, 0.1) is 11.8 Å². The molecule has 1 saturated carbocycles. The van der Waals surface area contributed by atoms with Crippen LogP contribution in [0.15, 0.2) is 18.2 Å². The first-order chi connectivity index (χ1) is 11.6. The van der Waals surface area contributed by atoms with Gasteiger partial charge in [0.15, 0.2) is 11.5 Å². The van der Waals surface area contributed by atoms with Gasteiger partial charge in [0.1, 0.15) is 0 Å². The fraction of sp³-hybridized carbons (Fsp3) is 0.556. The SMILES string of the molecule is O=C(O)[C@H]1CN(C(=O)C2CCCC2)C[C@@H]1c1ccc2c(c1)OCO2. The van der Waals surface area contributed by atoms with E-state index in [9.17, 15) is 14.7 Å². The number of carbonyl (C=O) groups is 2. The highest BCUT2D eigenvalue weighted by molar-refractivity contribution is 5.81. The van der Waals surface area contributed by atoms with Gasteiger partial charge >= 0.3 is 5.97 Å². The van der Waals surface area contributed by atoms with Gasteiger partial charge in [0, 0.05) is 24.9 Å². The van der Waals surface area contributed by atoms with Gasteiger partial charge in [-0.2, -0.15) is 0 Å². The third kappa shape index (κ3) is 2.60. The lowest BCUT2D eigenvalue weighted by Crippen LogP contribution is -2.34. The van der Waals surface area contributed by atoms with Crippen molar-refractivity contribution in [2.45, 2.75) is 31.6 Å². The first kappa shape index (κ1) is 15.3. The Hall–Kier alpha value is -2.24. The lowest BCUT2D eigenvalue weighted by atomic mass is 9.89. The smallest absolute Gasteiger partial charge is 0.308 e. The minimum Gasteiger partial charge on any atom is -0.481 e. The molecule has 2 atom stereocenters. The van der Waals surface area contributed by atoms with Crippen molar-refractivity contribution in [3.8, 4) is 11.5 Å². The summed E-state index contributed by atoms with van der Waals surface area (Å²) < 4.78 is 10.7. The Bertz CT molecular complexity index is 667. The minimum absolute atomic E-state index is 0.0787. The minimum atomic E-state index is -0.848. The van der Waals surface area contributed by atoms with Gasteiger partial charge in [-0.3, -0.25) is 9.59 Å². The molecule has 6 nitrogen and oxygen atoms in total. The van der Waals surface area contributed by atoms with Crippen LogP contribution < -0.4 is 9.47 Å². The summed E-state index contributed by atoms with van der Waals surface area (Å²) in [4.78, 5) is 26.1. The molecule has 3 aliphatic rings. The number of hydrogen-bond acceptors (Lipinski definition) is 4. The Morgan fingerprint density at radius 1 is 1.08 bits per heavy atom. The van der Waals surface area contributed by atoms with E-state index in [0.29, 0.717) is 24.6 Å². The zero-order valence-electron chi connectivity index (χ0n) is 13.4. The lowest BCUT2D eigenvalue weighted by molar-refractivity contribution is -0.142. The number of rotatable bonds is 3. The first-order valence-corrected chi connectivity index (χ1v) is 8.54. The van der Waals surface area contributed by atoms with Gasteiger partial charge in [0.2, 0.25) is 12.7 Å². The Morgan fingerprint density at radius 3 is 2.58 bits per heavy atom. The van der Waals surface area contributed by atoms with Crippen LogP contribution in [0.4, 0.5) is 0 Å². The molecule has 1 aromatic rings. The molecule has 1 aromatic carbocycles. The van der Waals surface area contributed by atoms with Crippen LogP contribution in [-0.2, 0) is 9.59 Å². The summed E-state index contributed by atoms with van der Waals surface area (Å²) in [5.41, 5.74) is 0.897. The van der Waals surface area contributed by atoms with E-state index in [-0.39, 0.29) is 24.5 Å². The zero-order valence-corrected chi connectivity index (χ0v) is 13.4. The van der Waals surface area contributed by atoms with E-state index in [1.807, 2.05) is 18.2 Å². The number of carbonyl (C=O) groups excluding carboxylic acids is 1. The maximum absolute atomic E-state index is 12.7. The summed E-state index contributed by atoms with van der Waals surface area (Å²) >= 11 is 0. The van der Waals surface area contributed by atoms with Gasteiger partial charge in [-0.05, 0) is 30.5 Å². The van der Waals surface area contributed by atoms with Crippen molar-refractivity contribution in [1.29, 1.82) is 0 Å². The number of nitrogens with zero attached hydrogens (tertiary/aromatic N) is 1. The lowest BCUT2D eigenvalue weighted by Gasteiger charge is -2.20. The molecule has 0 aromatic heterocycles. The van der Waals surface area contributed by atoms with E-state index in [1.54, 1.807) is 4.90 Å². The van der Waals surface area contributed by atoms with Crippen LogP contribution in [-0.4, -0.2) is 41.8 Å². The van der Waals surface area contributed by atoms with Crippen LogP contribution >= 0.6 is 0 Å². The quantitative estimate of drug-likeness (QED) is 0.919. The summed E-state index contributed by atoms with van der Waals surface area (Å²) in [6, 6.07) is 5.56. The van der Waals surface area contributed by atoms with Crippen LogP contribution in [0.1, 0.15) is 37.2 Å². The van der Waals surface area contributed by atoms with E-state index in [0.717, 1.165) is 31.2 Å². The molecule has 1 aliphatic carbocycles. The Kier molecular flexibility index (Phi) is 3.82. The van der Waals surface area contributed by atoms with Gasteiger partial charge in [0.05, 0.1) is 5.92 Å². The molecule has 1 amide bonds. The second kappa shape index (κ2) is 6.00. The zero-order chi connectivity index (χ0) is 16.7. The highest BCUT2D eigenvalue weighted by Gasteiger charge is 2.42. The number of hydrogen-bond donors (Lipinski definition) is 1. The van der Waals surface area contributed by atoms with Gasteiger partial charge in [-0.15, -0.1) is 0 Å². The van der Waals surface area contributed by atoms with Crippen LogP contribution in [0.2, 0.25) is 0 Å². The highest BCUT2D eigenvalue weighted by atomic mass is 16.7. The Morgan fingerprint density at radius 2 is 1.83 bits per heavy atom. The molecule has 1 N–H and O–H groups in total. The van der Waals surface area contributed by atoms with Crippen molar-refractivity contribution in [3.63, 3.8) is 0 Å². The maximum atomic E-state index is 12.7. The Balaban J connectivity index is 1.57. The average Bonchev–Trinajstić information content (AvgIpc) is 3.31. The van der Waals surface area contributed by atoms with E-state index in [4.69, 9.17) is 9.47 Å². The second-order valence-corrected chi connectivity index (χ2v) is 6.89. The molecular weight excluding hydrogens is 310 g/mol. The van der Waals surface area contributed by atoms with Crippen LogP contribution in [0.5, 0.6) is 11.5 Å². The monoisotopic (exact) mass is 331 g/mol. The van der Waals surface area contributed by atoms with Gasteiger partial charge in [-0.1, -0.05) is 18.9 Å². The van der Waals surface area contributed by atoms with Crippen LogP contribution in [0.3, 0.4) is 0 Å². The number of likely N-dealkylation sites (tertiary alicyclic amines) is 1. The number of amides is 1. The number of ether oxygens (including phenoxy) is 2. The largest absolute Gasteiger partial charge is 0.481 e. The molecule has 128 valence electrons. The van der Waals surface area contributed by atoms with Crippen molar-refractivity contribution in [2.75, 3.05) is 19.9 Å². The van der Waals surface area contributed by atoms with Crippen LogP contribution in [0.25, 0.3) is 0 Å². The molecule has 24 heavy (non-hydrogen) atoms. The van der Waals surface area contributed by atoms with Crippen molar-refractivity contribution in [2.24, 2.45) is 11.8 Å². The molecule has 6 heteroatoms. The average molecular weight is 331 g/mol. The van der Waals surface area contributed by atoms with Gasteiger partial charge in [0.25, 0.3) is 0 Å². The number of carboxylic acid groups (broad SMARTS) is 1. The highest BCUT2D eigenvalue weighted by Crippen LogP contribution is 2.40. The van der Waals surface area contributed by atoms with E-state index in [2.05, 4.69) is 0 Å². The maximum Gasteiger partial charge on any atom is 0.308 e. The summed E-state index contributed by atoms with van der Waals surface area (Å²) in [6.45, 7) is 0.952. The van der Waals surface area contributed by atoms with Gasteiger partial charge in [-0.25, -0.2) is 0 Å². The molecule has 0 radical (unpaired) electrons. The molecular formula is C18H21NO5. The molecule has 1 saturated heterocycles. The third-order valence-electron chi connectivity index (χ3n) is 5.48. The summed E-state index contributed by atoms with van der Waals surface area (Å²) in [5.74, 6) is -0.0888. The summed E-state index contributed by atoms with van der Waals surface area (Å²) in [5, 5.41) is 9.61. The first-order valence-electron chi connectivity index (χ1n) is 8.54. The van der Waals surface area contributed by atoms with Crippen molar-refractivity contribution < 1.29 is 24.2 Å². The number of benzene rings is 1. The van der Waals surface area contributed by atoms with E-state index in [1.165, 1.54) is 0 Å². The molecule has 2 aliphatic heterocycles. The summed E-state index contributed by atoms with van der Waals surface area (Å²) in [6.07, 6.45) is 4.06. The summed E-state index contributed by atoms with van der Waals surface area (Å²) in [7, 11) is 0. The Labute approximate surface area is 140 Å². The number of aliphatic carboxylic acids is 1. The van der Waals surface area contributed by atoms with Crippen molar-refractivity contribution >= 4 is 11.9 Å². The number of fused-ring (bicyclic) bond motifs is 1. The molecule has 4 rings (SSSR count). The predicted octanol–water partition coefficient (Wildman–Crippen LogP) is 2.23. The number of carboxylic acids is 1. The molecule has 2 heterocycles. The standard InChI is InChI=1S/C18H21NO5/c20-17(11-3-1-2-4-11)19-8-13(14(9-19)18(21)22)12-5-6-15-16(7-12)24-10-23-15/h5-7,11,13-14H,1-4,8-10H2,(H,21,22)/t13-,14+/m1/s1. The molecule has 0 unspecified atom stereocenters. The predicted molar refractivity (Wildman–Crippen MR) is 85.0 cm³/mol. The van der Waals surface area contributed by atoms with Crippen molar-refractivity contribution in [3.05, 3.63) is 23.8 Å². The fourth-order valence-electron chi connectivity index (χ4n) is 4.15. The van der Waals surface area contributed by atoms with Gasteiger partial charge < -0.3 is 19.5 Å². The van der Waals surface area contributed by atoms with E-state index >= 15 is 0 Å². The molecule has 0 bridgehead atoms. The fourth-order valence-corrected chi connectivity index (χ4v) is 4.15. The molecule has 2 fully saturated rings. The third-order valence-corrected chi connectivity index (χ3v) is 5.48. The molecule has 0 spiro atoms. The topological polar surface area (TPSA) is 76.1 Å². The van der Waals surface area contributed by atoms with Crippen molar-refractivity contribution in [1.82, 2.24) is 4.90 Å². The second-order valence-electron chi connectivity index (χ2n) is 6.89. The van der Waals surface area contributed by atoms with E-state index < -0.39 is 11.9 Å². The normalized spacial score (nSPS) is 26.1.